The fourth-order valence-corrected chi connectivity index (χ4v) is 3.12. The first kappa shape index (κ1) is 20.7. The fourth-order valence-electron chi connectivity index (χ4n) is 3.12. The Bertz CT molecular complexity index is 768. The van der Waals surface area contributed by atoms with Crippen LogP contribution in [0.25, 0.3) is 0 Å². The predicted molar refractivity (Wildman–Crippen MR) is 108 cm³/mol. The van der Waals surface area contributed by atoms with Crippen molar-refractivity contribution >= 4 is 0 Å². The average molecular weight is 364 g/mol. The van der Waals surface area contributed by atoms with Crippen molar-refractivity contribution in [2.24, 2.45) is 0 Å². The molecule has 0 aliphatic carbocycles. The van der Waals surface area contributed by atoms with Gasteiger partial charge in [0.2, 0.25) is 0 Å². The molecule has 4 heteroatoms. The molecule has 2 aromatic rings. The molecule has 2 rings (SSSR count). The number of benzene rings is 2. The number of hydrogen-bond acceptors (Lipinski definition) is 4. The maximum absolute atomic E-state index is 10.7. The highest BCUT2D eigenvalue weighted by Gasteiger charge is 2.24. The zero-order chi connectivity index (χ0) is 19.8. The molecule has 142 valence electrons. The maximum Gasteiger partial charge on any atom is 0.117 e. The SMILES string of the molecule is CC[C@H](O)[C@@H](/C=C(/C#N)N(C)[C@@H](C)[C@H](O)c1ccccc1)c1ccccc1. The van der Waals surface area contributed by atoms with Gasteiger partial charge in [-0.3, -0.25) is 0 Å². The quantitative estimate of drug-likeness (QED) is 0.695. The average Bonchev–Trinajstić information content (AvgIpc) is 2.73. The van der Waals surface area contributed by atoms with Crippen LogP contribution in [0.15, 0.2) is 72.4 Å². The highest BCUT2D eigenvalue weighted by atomic mass is 16.3. The molecule has 0 spiro atoms. The van der Waals surface area contributed by atoms with Crippen molar-refractivity contribution in [3.05, 3.63) is 83.6 Å². The zero-order valence-corrected chi connectivity index (χ0v) is 16.2. The Hall–Kier alpha value is -2.61. The monoisotopic (exact) mass is 364 g/mol. The molecule has 0 heterocycles. The minimum absolute atomic E-state index is 0.283. The van der Waals surface area contributed by atoms with E-state index in [1.54, 1.807) is 18.0 Å². The molecule has 0 bridgehead atoms. The lowest BCUT2D eigenvalue weighted by molar-refractivity contribution is 0.0905. The summed E-state index contributed by atoms with van der Waals surface area (Å²) in [7, 11) is 1.80. The van der Waals surface area contributed by atoms with E-state index in [4.69, 9.17) is 0 Å². The third-order valence-corrected chi connectivity index (χ3v) is 5.06. The van der Waals surface area contributed by atoms with Crippen LogP contribution in [0.5, 0.6) is 0 Å². The van der Waals surface area contributed by atoms with E-state index >= 15 is 0 Å². The molecule has 0 radical (unpaired) electrons. The molecule has 0 aliphatic heterocycles. The summed E-state index contributed by atoms with van der Waals surface area (Å²) in [5, 5.41) is 30.9. The topological polar surface area (TPSA) is 67.5 Å². The summed E-state index contributed by atoms with van der Waals surface area (Å²) in [6.45, 7) is 3.81. The molecule has 0 amide bonds. The van der Waals surface area contributed by atoms with Gasteiger partial charge in [-0.1, -0.05) is 67.6 Å². The number of nitriles is 1. The largest absolute Gasteiger partial charge is 0.392 e. The van der Waals surface area contributed by atoms with Crippen molar-refractivity contribution in [3.8, 4) is 6.07 Å². The van der Waals surface area contributed by atoms with Crippen molar-refractivity contribution in [1.29, 1.82) is 5.26 Å². The van der Waals surface area contributed by atoms with Crippen LogP contribution < -0.4 is 0 Å². The Labute approximate surface area is 162 Å². The lowest BCUT2D eigenvalue weighted by Gasteiger charge is -2.31. The number of rotatable bonds is 8. The third-order valence-electron chi connectivity index (χ3n) is 5.06. The minimum Gasteiger partial charge on any atom is -0.392 e. The predicted octanol–water partition coefficient (Wildman–Crippen LogP) is 4.00. The number of hydrogen-bond donors (Lipinski definition) is 2. The fraction of sp³-hybridized carbons (Fsp3) is 0.348. The molecule has 0 aromatic heterocycles. The first-order valence-electron chi connectivity index (χ1n) is 9.30. The van der Waals surface area contributed by atoms with Crippen molar-refractivity contribution in [1.82, 2.24) is 4.90 Å². The van der Waals surface area contributed by atoms with Gasteiger partial charge >= 0.3 is 0 Å². The second-order valence-electron chi connectivity index (χ2n) is 6.78. The summed E-state index contributed by atoms with van der Waals surface area (Å²) in [6.07, 6.45) is 1.08. The Morgan fingerprint density at radius 3 is 2.04 bits per heavy atom. The van der Waals surface area contributed by atoms with Gasteiger partial charge in [-0.25, -0.2) is 0 Å². The van der Waals surface area contributed by atoms with Gasteiger partial charge in [0.1, 0.15) is 11.8 Å². The van der Waals surface area contributed by atoms with Crippen molar-refractivity contribution < 1.29 is 10.2 Å². The van der Waals surface area contributed by atoms with Crippen LogP contribution in [0.2, 0.25) is 0 Å². The highest BCUT2D eigenvalue weighted by molar-refractivity contribution is 5.31. The summed E-state index contributed by atoms with van der Waals surface area (Å²) in [6, 6.07) is 21.0. The van der Waals surface area contributed by atoms with Crippen LogP contribution in [0.3, 0.4) is 0 Å². The number of nitrogens with zero attached hydrogens (tertiary/aromatic N) is 2. The molecule has 2 N–H and O–H groups in total. The second kappa shape index (κ2) is 9.91. The number of aliphatic hydroxyl groups is 2. The lowest BCUT2D eigenvalue weighted by Crippen LogP contribution is -2.34. The van der Waals surface area contributed by atoms with Crippen LogP contribution in [0.4, 0.5) is 0 Å². The van der Waals surface area contributed by atoms with Crippen LogP contribution in [0.1, 0.15) is 43.4 Å². The van der Waals surface area contributed by atoms with Crippen LogP contribution in [0, 0.1) is 11.3 Å². The Morgan fingerprint density at radius 1 is 1.04 bits per heavy atom. The van der Waals surface area contributed by atoms with Gasteiger partial charge < -0.3 is 15.1 Å². The molecular formula is C23H28N2O2. The van der Waals surface area contributed by atoms with Crippen molar-refractivity contribution in [2.45, 2.75) is 44.4 Å². The summed E-state index contributed by atoms with van der Waals surface area (Å²) in [5.74, 6) is -0.283. The molecule has 0 aliphatic rings. The Balaban J connectivity index is 2.30. The standard InChI is InChI=1S/C23H28N2O2/c1-4-22(26)21(18-11-7-5-8-12-18)15-20(16-24)25(3)17(2)23(27)19-13-9-6-10-14-19/h5-15,17,21-23,26-27H,4H2,1-3H3/b20-15-/t17-,21-,22-,23-/m0/s1. The van der Waals surface area contributed by atoms with Crippen molar-refractivity contribution in [3.63, 3.8) is 0 Å². The van der Waals surface area contributed by atoms with Crippen molar-refractivity contribution in [2.75, 3.05) is 7.05 Å². The first-order chi connectivity index (χ1) is 13.0. The van der Waals surface area contributed by atoms with Crippen LogP contribution in [-0.4, -0.2) is 34.3 Å². The van der Waals surface area contributed by atoms with Gasteiger partial charge in [0, 0.05) is 13.0 Å². The molecule has 0 saturated heterocycles. The van der Waals surface area contributed by atoms with Crippen LogP contribution >= 0.6 is 0 Å². The van der Waals surface area contributed by atoms with E-state index in [1.165, 1.54) is 0 Å². The molecule has 0 saturated carbocycles. The van der Waals surface area contributed by atoms with Gasteiger partial charge in [0.15, 0.2) is 0 Å². The summed E-state index contributed by atoms with van der Waals surface area (Å²) >= 11 is 0. The normalized spacial score (nSPS) is 16.1. The Kier molecular flexibility index (Phi) is 7.60. The van der Waals surface area contributed by atoms with Crippen LogP contribution in [-0.2, 0) is 0 Å². The smallest absolute Gasteiger partial charge is 0.117 e. The molecule has 4 atom stereocenters. The van der Waals surface area contributed by atoms with Gasteiger partial charge in [0.05, 0.1) is 18.2 Å². The highest BCUT2D eigenvalue weighted by Crippen LogP contribution is 2.27. The molecule has 0 fully saturated rings. The Morgan fingerprint density at radius 2 is 1.56 bits per heavy atom. The molecular weight excluding hydrogens is 336 g/mol. The van der Waals surface area contributed by atoms with E-state index in [2.05, 4.69) is 6.07 Å². The number of aliphatic hydroxyl groups excluding tert-OH is 2. The second-order valence-corrected chi connectivity index (χ2v) is 6.78. The summed E-state index contributed by atoms with van der Waals surface area (Å²) in [5.41, 5.74) is 2.20. The molecule has 2 aromatic carbocycles. The van der Waals surface area contributed by atoms with E-state index in [-0.39, 0.29) is 12.0 Å². The number of allylic oxidation sites excluding steroid dienone is 1. The van der Waals surface area contributed by atoms with E-state index in [9.17, 15) is 15.5 Å². The van der Waals surface area contributed by atoms with E-state index in [0.29, 0.717) is 12.1 Å². The van der Waals surface area contributed by atoms with Gasteiger partial charge in [-0.05, 0) is 30.5 Å². The van der Waals surface area contributed by atoms with Gasteiger partial charge in [0.25, 0.3) is 0 Å². The van der Waals surface area contributed by atoms with E-state index < -0.39 is 12.2 Å². The molecule has 0 unspecified atom stereocenters. The molecule has 4 nitrogen and oxygen atoms in total. The van der Waals surface area contributed by atoms with Gasteiger partial charge in [-0.15, -0.1) is 0 Å². The number of likely N-dealkylation sites (N-methyl/N-ethyl adjacent to an activating group) is 1. The lowest BCUT2D eigenvalue weighted by atomic mass is 9.90. The third kappa shape index (κ3) is 5.19. The summed E-state index contributed by atoms with van der Waals surface area (Å²) in [4.78, 5) is 1.77. The van der Waals surface area contributed by atoms with E-state index in [1.807, 2.05) is 74.5 Å². The first-order valence-corrected chi connectivity index (χ1v) is 9.30. The van der Waals surface area contributed by atoms with Gasteiger partial charge in [-0.2, -0.15) is 5.26 Å². The van der Waals surface area contributed by atoms with E-state index in [0.717, 1.165) is 11.1 Å². The zero-order valence-electron chi connectivity index (χ0n) is 16.2. The molecule has 27 heavy (non-hydrogen) atoms. The minimum atomic E-state index is -0.723. The summed E-state index contributed by atoms with van der Waals surface area (Å²) < 4.78 is 0. The maximum atomic E-state index is 10.7.